The Morgan fingerprint density at radius 1 is 0.537 bits per heavy atom. The molecule has 0 aliphatic heterocycles. The summed E-state index contributed by atoms with van der Waals surface area (Å²) < 4.78 is 15.2. The number of halogens is 1. The number of esters is 2. The maximum absolute atomic E-state index is 12.7. The number of rotatable bonds is 42. The predicted octanol–water partition coefficient (Wildman–Crippen LogP) is 11.6. The van der Waals surface area contributed by atoms with Gasteiger partial charge < -0.3 is 19.9 Å². The van der Waals surface area contributed by atoms with Crippen LogP contribution in [0.1, 0.15) is 226 Å². The molecule has 2 atom stereocenters. The van der Waals surface area contributed by atoms with Crippen LogP contribution in [0.4, 0.5) is 0 Å². The summed E-state index contributed by atoms with van der Waals surface area (Å²) in [5.74, 6) is -2.71. The van der Waals surface area contributed by atoms with Crippen molar-refractivity contribution < 1.29 is 38.1 Å². The summed E-state index contributed by atoms with van der Waals surface area (Å²) in [5.41, 5.74) is 2.04. The Morgan fingerprint density at radius 2 is 0.889 bits per heavy atom. The minimum absolute atomic E-state index is 0.121. The Morgan fingerprint density at radius 3 is 1.24 bits per heavy atom. The van der Waals surface area contributed by atoms with Gasteiger partial charge in [-0.15, -0.1) is 0 Å². The minimum Gasteiger partial charge on any atom is -0.480 e. The summed E-state index contributed by atoms with van der Waals surface area (Å²) in [6.45, 7) is 4.20. The Labute approximate surface area is 334 Å². The van der Waals surface area contributed by atoms with E-state index in [0.29, 0.717) is 6.42 Å². The molecule has 0 fully saturated rings. The lowest BCUT2D eigenvalue weighted by molar-refractivity contribution is -0.159. The first-order valence-corrected chi connectivity index (χ1v) is 22.5. The van der Waals surface area contributed by atoms with E-state index in [2.05, 4.69) is 23.6 Å². The Balaban J connectivity index is 4.30. The van der Waals surface area contributed by atoms with Crippen molar-refractivity contribution in [2.24, 2.45) is 0 Å². The summed E-state index contributed by atoms with van der Waals surface area (Å²) in [6, 6.07) is -1.36. The molecule has 11 heteroatoms. The highest BCUT2D eigenvalue weighted by Crippen LogP contribution is 2.16. The molecular weight excluding hydrogens is 708 g/mol. The first-order valence-electron chi connectivity index (χ1n) is 22.2. The van der Waals surface area contributed by atoms with Crippen molar-refractivity contribution in [2.45, 2.75) is 238 Å². The topological polar surface area (TPSA) is 140 Å². The van der Waals surface area contributed by atoms with Crippen LogP contribution in [0.2, 0.25) is 0 Å². The zero-order chi connectivity index (χ0) is 39.7. The van der Waals surface area contributed by atoms with Crippen LogP contribution >= 0.6 is 11.9 Å². The summed E-state index contributed by atoms with van der Waals surface area (Å²) in [5, 5.41) is 11.8. The van der Waals surface area contributed by atoms with E-state index < -0.39 is 36.4 Å². The quantitative estimate of drug-likeness (QED) is 0.0313. The van der Waals surface area contributed by atoms with Gasteiger partial charge >= 0.3 is 17.9 Å². The Kier molecular flexibility index (Phi) is 39.3. The van der Waals surface area contributed by atoms with Crippen LogP contribution in [0, 0.1) is 0 Å². The van der Waals surface area contributed by atoms with E-state index in [0.717, 1.165) is 38.5 Å². The van der Waals surface area contributed by atoms with Crippen LogP contribution in [0.25, 0.3) is 0 Å². The average molecular weight is 790 g/mol. The number of carbonyl (C=O) groups excluding carboxylic acids is 3. The largest absolute Gasteiger partial charge is 0.480 e. The molecule has 1 amide bonds. The molecule has 54 heavy (non-hydrogen) atoms. The van der Waals surface area contributed by atoms with Crippen LogP contribution < -0.4 is 10.8 Å². The first kappa shape index (κ1) is 52.1. The van der Waals surface area contributed by atoms with Gasteiger partial charge in [-0.3, -0.25) is 19.2 Å². The van der Waals surface area contributed by atoms with Gasteiger partial charge in [0.15, 0.2) is 6.10 Å². The number of aliphatic carboxylic acids is 1. The van der Waals surface area contributed by atoms with Gasteiger partial charge in [0.2, 0.25) is 5.91 Å². The van der Waals surface area contributed by atoms with E-state index >= 15 is 0 Å². The SMILES string of the molecule is CCCCCCCCCCCCCCCCCC(=O)OCC(CNC(=O)CC(NOCl)C(=O)O)OC(=O)CCCCCCCCCCCCCCCCC. The number of carbonyl (C=O) groups is 4. The average Bonchev–Trinajstić information content (AvgIpc) is 3.15. The van der Waals surface area contributed by atoms with Gasteiger partial charge in [0, 0.05) is 12.8 Å². The van der Waals surface area contributed by atoms with Crippen molar-refractivity contribution in [1.29, 1.82) is 0 Å². The molecule has 0 aliphatic carbocycles. The van der Waals surface area contributed by atoms with Crippen molar-refractivity contribution in [3.8, 4) is 0 Å². The number of hydrogen-bond acceptors (Lipinski definition) is 8. The standard InChI is InChI=1S/C43H81ClN2O8/c1-3-5-7-9-11-13-15-17-19-21-23-25-27-29-31-33-41(48)52-37-38(36-45-40(47)35-39(43(50)51)46-54-44)53-42(49)34-32-30-28-26-24-22-20-18-16-14-12-10-8-6-4-2/h38-39,46H,3-37H2,1-2H3,(H,45,47)(H,50,51). The zero-order valence-corrected chi connectivity index (χ0v) is 35.3. The second-order valence-corrected chi connectivity index (χ2v) is 15.4. The summed E-state index contributed by atoms with van der Waals surface area (Å²) in [7, 11) is 0. The van der Waals surface area contributed by atoms with E-state index in [1.807, 2.05) is 5.48 Å². The fraction of sp³-hybridized carbons (Fsp3) is 0.907. The Bertz CT molecular complexity index is 894. The summed E-state index contributed by atoms with van der Waals surface area (Å²) in [4.78, 5) is 48.8. The number of ether oxygens (including phenoxy) is 2. The molecule has 0 saturated carbocycles. The maximum Gasteiger partial charge on any atom is 0.323 e. The van der Waals surface area contributed by atoms with E-state index in [1.54, 1.807) is 0 Å². The Hall–Kier alpha value is -1.91. The summed E-state index contributed by atoms with van der Waals surface area (Å²) in [6.07, 6.45) is 36.4. The third-order valence-corrected chi connectivity index (χ3v) is 10.2. The molecule has 0 aliphatic rings. The third kappa shape index (κ3) is 37.0. The molecule has 0 radical (unpaired) electrons. The number of carboxylic acid groups (broad SMARTS) is 1. The highest BCUT2D eigenvalue weighted by molar-refractivity contribution is 6.07. The third-order valence-electron chi connectivity index (χ3n) is 10.1. The number of amides is 1. The predicted molar refractivity (Wildman–Crippen MR) is 219 cm³/mol. The molecule has 0 saturated heterocycles. The van der Waals surface area contributed by atoms with Crippen LogP contribution in [0.3, 0.4) is 0 Å². The van der Waals surface area contributed by atoms with Crippen molar-refractivity contribution >= 4 is 35.7 Å². The van der Waals surface area contributed by atoms with Gasteiger partial charge in [-0.2, -0.15) is 9.87 Å². The minimum atomic E-state index is -1.36. The van der Waals surface area contributed by atoms with Gasteiger partial charge in [-0.05, 0) is 12.8 Å². The van der Waals surface area contributed by atoms with E-state index in [1.165, 1.54) is 148 Å². The number of hydrogen-bond donors (Lipinski definition) is 3. The second-order valence-electron chi connectivity index (χ2n) is 15.3. The lowest BCUT2D eigenvalue weighted by Crippen LogP contribution is -2.43. The van der Waals surface area contributed by atoms with Gasteiger partial charge in [0.05, 0.1) is 24.8 Å². The number of unbranched alkanes of at least 4 members (excludes halogenated alkanes) is 28. The van der Waals surface area contributed by atoms with Gasteiger partial charge in [-0.1, -0.05) is 194 Å². The van der Waals surface area contributed by atoms with Gasteiger partial charge in [-0.25, -0.2) is 0 Å². The molecule has 0 aromatic rings. The molecular formula is C43H81ClN2O8. The van der Waals surface area contributed by atoms with Crippen LogP contribution in [0.15, 0.2) is 0 Å². The second kappa shape index (κ2) is 40.7. The van der Waals surface area contributed by atoms with Crippen LogP contribution in [-0.4, -0.2) is 54.2 Å². The monoisotopic (exact) mass is 789 g/mol. The smallest absolute Gasteiger partial charge is 0.323 e. The number of nitrogens with one attached hydrogen (secondary N) is 2. The first-order chi connectivity index (χ1) is 26.3. The van der Waals surface area contributed by atoms with Crippen molar-refractivity contribution in [3.63, 3.8) is 0 Å². The molecule has 318 valence electrons. The van der Waals surface area contributed by atoms with Crippen LogP contribution in [0.5, 0.6) is 0 Å². The molecule has 0 aromatic carbocycles. The lowest BCUT2D eigenvalue weighted by atomic mass is 10.0. The summed E-state index contributed by atoms with van der Waals surface area (Å²) >= 11 is 5.09. The number of hydroxylamine groups is 1. The zero-order valence-electron chi connectivity index (χ0n) is 34.6. The highest BCUT2D eigenvalue weighted by atomic mass is 35.5. The van der Waals surface area contributed by atoms with E-state index in [9.17, 15) is 24.3 Å². The van der Waals surface area contributed by atoms with Gasteiger partial charge in [0.1, 0.15) is 12.6 Å². The molecule has 3 N–H and O–H groups in total. The number of carboxylic acids is 1. The molecule has 0 heterocycles. The fourth-order valence-electron chi connectivity index (χ4n) is 6.64. The molecule has 10 nitrogen and oxygen atoms in total. The molecule has 0 spiro atoms. The lowest BCUT2D eigenvalue weighted by Gasteiger charge is -2.19. The van der Waals surface area contributed by atoms with Crippen molar-refractivity contribution in [3.05, 3.63) is 0 Å². The van der Waals surface area contributed by atoms with Crippen molar-refractivity contribution in [2.75, 3.05) is 13.2 Å². The normalized spacial score (nSPS) is 12.4. The highest BCUT2D eigenvalue weighted by Gasteiger charge is 2.23. The molecule has 0 aromatic heterocycles. The molecule has 2 unspecified atom stereocenters. The van der Waals surface area contributed by atoms with E-state index in [4.69, 9.17) is 21.3 Å². The molecule has 0 bridgehead atoms. The van der Waals surface area contributed by atoms with Crippen LogP contribution in [-0.2, 0) is 33.0 Å². The van der Waals surface area contributed by atoms with Gasteiger partial charge in [0.25, 0.3) is 0 Å². The van der Waals surface area contributed by atoms with E-state index in [-0.39, 0.29) is 32.0 Å². The fourth-order valence-corrected chi connectivity index (χ4v) is 6.74. The van der Waals surface area contributed by atoms with Crippen molar-refractivity contribution in [1.82, 2.24) is 10.8 Å². The maximum atomic E-state index is 12.7. The molecule has 0 rings (SSSR count).